The first-order valence-electron chi connectivity index (χ1n) is 11.1. The van der Waals surface area contributed by atoms with Gasteiger partial charge in [0.25, 0.3) is 0 Å². The zero-order valence-electron chi connectivity index (χ0n) is 18.2. The molecule has 0 amide bonds. The molecule has 0 saturated carbocycles. The standard InChI is InChI=1S/C23H39N3O3/c1-21(27-2)23-11-9-10-22(25-23)20-26-14-18-28-16-7-3-5-12-24-13-6-4-8-17-29-19-15-26/h9-11,24H,1,3-8,12-20H2,2H3. The van der Waals surface area contributed by atoms with Crippen LogP contribution in [0.5, 0.6) is 0 Å². The normalized spacial score (nSPS) is 19.8. The highest BCUT2D eigenvalue weighted by Crippen LogP contribution is 2.12. The van der Waals surface area contributed by atoms with Crippen molar-refractivity contribution in [2.75, 3.05) is 59.7 Å². The van der Waals surface area contributed by atoms with Gasteiger partial charge in [0.15, 0.2) is 0 Å². The third-order valence-electron chi connectivity index (χ3n) is 5.11. The van der Waals surface area contributed by atoms with Crippen molar-refractivity contribution in [3.63, 3.8) is 0 Å². The molecule has 0 atom stereocenters. The number of pyridine rings is 1. The fraction of sp³-hybridized carbons (Fsp3) is 0.696. The van der Waals surface area contributed by atoms with Crippen LogP contribution in [0.15, 0.2) is 24.8 Å². The molecule has 0 aromatic carbocycles. The van der Waals surface area contributed by atoms with Gasteiger partial charge in [-0.05, 0) is 63.7 Å². The van der Waals surface area contributed by atoms with Gasteiger partial charge in [-0.3, -0.25) is 4.90 Å². The number of hydrogen-bond donors (Lipinski definition) is 1. The Hall–Kier alpha value is -1.47. The predicted molar refractivity (Wildman–Crippen MR) is 118 cm³/mol. The lowest BCUT2D eigenvalue weighted by atomic mass is 10.2. The average molecular weight is 406 g/mol. The molecule has 0 radical (unpaired) electrons. The second-order valence-corrected chi connectivity index (χ2v) is 7.51. The fourth-order valence-corrected chi connectivity index (χ4v) is 3.30. The summed E-state index contributed by atoms with van der Waals surface area (Å²) in [7, 11) is 1.62. The lowest BCUT2D eigenvalue weighted by Crippen LogP contribution is -2.31. The van der Waals surface area contributed by atoms with Crippen molar-refractivity contribution >= 4 is 5.76 Å². The lowest BCUT2D eigenvalue weighted by Gasteiger charge is -2.22. The van der Waals surface area contributed by atoms with Crippen molar-refractivity contribution in [3.8, 4) is 0 Å². The minimum Gasteiger partial charge on any atom is -0.495 e. The van der Waals surface area contributed by atoms with Crippen LogP contribution in [0.4, 0.5) is 0 Å². The smallest absolute Gasteiger partial charge is 0.137 e. The molecule has 1 saturated heterocycles. The minimum atomic E-state index is 0.591. The Morgan fingerprint density at radius 2 is 1.66 bits per heavy atom. The number of nitrogens with zero attached hydrogens (tertiary/aromatic N) is 2. The van der Waals surface area contributed by atoms with Crippen LogP contribution in [0.2, 0.25) is 0 Å². The van der Waals surface area contributed by atoms with E-state index >= 15 is 0 Å². The summed E-state index contributed by atoms with van der Waals surface area (Å²) < 4.78 is 17.0. The lowest BCUT2D eigenvalue weighted by molar-refractivity contribution is 0.0686. The number of hydrogen-bond acceptors (Lipinski definition) is 6. The molecule has 2 rings (SSSR count). The van der Waals surface area contributed by atoms with Crippen molar-refractivity contribution < 1.29 is 14.2 Å². The highest BCUT2D eigenvalue weighted by Gasteiger charge is 2.09. The quantitative estimate of drug-likeness (QED) is 0.774. The molecule has 0 spiro atoms. The van der Waals surface area contributed by atoms with Gasteiger partial charge in [0.2, 0.25) is 0 Å². The molecule has 29 heavy (non-hydrogen) atoms. The van der Waals surface area contributed by atoms with Crippen LogP contribution >= 0.6 is 0 Å². The molecule has 0 aliphatic carbocycles. The molecule has 1 aliphatic rings. The maximum Gasteiger partial charge on any atom is 0.137 e. The second-order valence-electron chi connectivity index (χ2n) is 7.51. The Bertz CT molecular complexity index is 550. The summed E-state index contributed by atoms with van der Waals surface area (Å²) >= 11 is 0. The van der Waals surface area contributed by atoms with Crippen LogP contribution in [0.25, 0.3) is 5.76 Å². The molecule has 1 aromatic heterocycles. The van der Waals surface area contributed by atoms with Crippen LogP contribution in [-0.4, -0.2) is 69.6 Å². The summed E-state index contributed by atoms with van der Waals surface area (Å²) in [5.74, 6) is 0.591. The molecule has 164 valence electrons. The van der Waals surface area contributed by atoms with Gasteiger partial charge >= 0.3 is 0 Å². The molecule has 1 N–H and O–H groups in total. The largest absolute Gasteiger partial charge is 0.495 e. The first kappa shape index (κ1) is 23.8. The number of ether oxygens (including phenoxy) is 3. The second kappa shape index (κ2) is 15.4. The molecule has 0 bridgehead atoms. The maximum atomic E-state index is 5.87. The van der Waals surface area contributed by atoms with E-state index in [2.05, 4.69) is 21.8 Å². The first-order chi connectivity index (χ1) is 14.3. The minimum absolute atomic E-state index is 0.591. The van der Waals surface area contributed by atoms with E-state index < -0.39 is 0 Å². The van der Waals surface area contributed by atoms with Gasteiger partial charge in [-0.1, -0.05) is 12.6 Å². The zero-order chi connectivity index (χ0) is 20.6. The molecular formula is C23H39N3O3. The molecule has 6 heteroatoms. The van der Waals surface area contributed by atoms with Gasteiger partial charge in [0, 0.05) is 32.8 Å². The predicted octanol–water partition coefficient (Wildman–Crippen LogP) is 3.48. The van der Waals surface area contributed by atoms with Crippen molar-refractivity contribution in [3.05, 3.63) is 36.2 Å². The van der Waals surface area contributed by atoms with E-state index in [9.17, 15) is 0 Å². The van der Waals surface area contributed by atoms with Crippen molar-refractivity contribution in [2.24, 2.45) is 0 Å². The van der Waals surface area contributed by atoms with E-state index in [4.69, 9.17) is 14.2 Å². The van der Waals surface area contributed by atoms with Crippen molar-refractivity contribution in [2.45, 2.75) is 45.1 Å². The van der Waals surface area contributed by atoms with Crippen LogP contribution in [0.1, 0.15) is 49.9 Å². The van der Waals surface area contributed by atoms with Crippen LogP contribution in [0.3, 0.4) is 0 Å². The van der Waals surface area contributed by atoms with E-state index in [0.717, 1.165) is 83.4 Å². The van der Waals surface area contributed by atoms with Gasteiger partial charge in [0.1, 0.15) is 11.5 Å². The molecule has 6 nitrogen and oxygen atoms in total. The van der Waals surface area contributed by atoms with E-state index in [1.807, 2.05) is 18.2 Å². The third kappa shape index (κ3) is 10.8. The average Bonchev–Trinajstić information content (AvgIpc) is 2.74. The highest BCUT2D eigenvalue weighted by atomic mass is 16.5. The first-order valence-corrected chi connectivity index (χ1v) is 11.1. The van der Waals surface area contributed by atoms with Gasteiger partial charge in [-0.2, -0.15) is 0 Å². The molecule has 1 aliphatic heterocycles. The monoisotopic (exact) mass is 405 g/mol. The van der Waals surface area contributed by atoms with Gasteiger partial charge in [0.05, 0.1) is 26.0 Å². The van der Waals surface area contributed by atoms with Crippen molar-refractivity contribution in [1.82, 2.24) is 15.2 Å². The highest BCUT2D eigenvalue weighted by molar-refractivity contribution is 5.53. The van der Waals surface area contributed by atoms with E-state index in [0.29, 0.717) is 5.76 Å². The van der Waals surface area contributed by atoms with Gasteiger partial charge in [-0.25, -0.2) is 4.98 Å². The summed E-state index contributed by atoms with van der Waals surface area (Å²) in [6.45, 7) is 11.8. The Balaban J connectivity index is 1.85. The summed E-state index contributed by atoms with van der Waals surface area (Å²) in [6.07, 6.45) is 7.18. The molecule has 1 aromatic rings. The summed E-state index contributed by atoms with van der Waals surface area (Å²) in [5.41, 5.74) is 1.80. The maximum absolute atomic E-state index is 5.87. The van der Waals surface area contributed by atoms with E-state index in [1.54, 1.807) is 7.11 Å². The SMILES string of the molecule is C=C(OC)c1cccc(CN2CCOCCCCCNCCCCCOCC2)n1. The summed E-state index contributed by atoms with van der Waals surface area (Å²) in [6, 6.07) is 5.98. The summed E-state index contributed by atoms with van der Waals surface area (Å²) in [5, 5.41) is 3.53. The van der Waals surface area contributed by atoms with E-state index in [1.165, 1.54) is 25.7 Å². The number of nitrogens with one attached hydrogen (secondary N) is 1. The van der Waals surface area contributed by atoms with Crippen LogP contribution in [0, 0.1) is 0 Å². The Kier molecular flexibility index (Phi) is 12.6. The molecule has 1 fully saturated rings. The molecule has 0 unspecified atom stereocenters. The van der Waals surface area contributed by atoms with Crippen LogP contribution < -0.4 is 5.32 Å². The molecular weight excluding hydrogens is 366 g/mol. The number of methoxy groups -OCH3 is 1. The Morgan fingerprint density at radius 3 is 2.28 bits per heavy atom. The van der Waals surface area contributed by atoms with Crippen molar-refractivity contribution in [1.29, 1.82) is 0 Å². The zero-order valence-corrected chi connectivity index (χ0v) is 18.2. The third-order valence-corrected chi connectivity index (χ3v) is 5.11. The Morgan fingerprint density at radius 1 is 1.00 bits per heavy atom. The van der Waals surface area contributed by atoms with Gasteiger partial charge in [-0.15, -0.1) is 0 Å². The Labute approximate surface area is 176 Å². The van der Waals surface area contributed by atoms with Crippen LogP contribution in [-0.2, 0) is 20.8 Å². The fourth-order valence-electron chi connectivity index (χ4n) is 3.30. The topological polar surface area (TPSA) is 55.9 Å². The molecule has 2 heterocycles. The van der Waals surface area contributed by atoms with Gasteiger partial charge < -0.3 is 19.5 Å². The van der Waals surface area contributed by atoms with E-state index in [-0.39, 0.29) is 0 Å². The number of aromatic nitrogens is 1. The number of rotatable bonds is 4. The summed E-state index contributed by atoms with van der Waals surface area (Å²) in [4.78, 5) is 7.04.